The zero-order chi connectivity index (χ0) is 87.0. The van der Waals surface area contributed by atoms with Crippen LogP contribution in [0.15, 0.2) is 59.8 Å². The summed E-state index contributed by atoms with van der Waals surface area (Å²) in [6.07, 6.45) is -9.09. The van der Waals surface area contributed by atoms with E-state index in [1.165, 1.54) is 40.8 Å². The number of primary amides is 1. The van der Waals surface area contributed by atoms with Gasteiger partial charge in [0.2, 0.25) is 59.5 Å². The Labute approximate surface area is 689 Å². The summed E-state index contributed by atoms with van der Waals surface area (Å²) >= 11 is 0. The van der Waals surface area contributed by atoms with Crippen molar-refractivity contribution >= 4 is 109 Å². The van der Waals surface area contributed by atoms with Crippen molar-refractivity contribution in [1.29, 1.82) is 0 Å². The van der Waals surface area contributed by atoms with Crippen molar-refractivity contribution < 1.29 is 138 Å². The van der Waals surface area contributed by atoms with E-state index in [0.29, 0.717) is 44.3 Å². The lowest BCUT2D eigenvalue weighted by Gasteiger charge is -2.39. The third-order valence-electron chi connectivity index (χ3n) is 21.6. The first-order chi connectivity index (χ1) is 57.1. The van der Waals surface area contributed by atoms with Crippen molar-refractivity contribution in [2.24, 2.45) is 29.4 Å². The van der Waals surface area contributed by atoms with Gasteiger partial charge in [-0.2, -0.15) is 0 Å². The molecule has 7 heterocycles. The highest BCUT2D eigenvalue weighted by molar-refractivity contribution is 7.85. The van der Waals surface area contributed by atoms with Crippen LogP contribution in [-0.2, 0) is 113 Å². The standard InChI is InChI=1S/C75H100N14O29S2/c1-4-37(2)63-53(94)14-16-59(97)79-50-36-119(110)73-46(27-48(69(105)78-29-60(98)83-63)80-72(108)64(38(3)54(95)33-90)84-71(107)51-25-43(92)32-88(51)74(109)49(28-58(76)96)81-70(50)106)45-13-12-44(26-47(45)82-73)117-120(111,112)118-56-24-41(11-15-55(56)115-75-67(103)66(102)65(101)57(34-91)116-75)52(93)6-5-21-113-23-20-87-31-42(85-86-87)35-114-22-19-77-68(104)40-9-7-39(8-10-40)30-89-61(99)17-18-62(89)100/h11-13,15,17-18,24,26,31,37-40,43,48-51,54,57,63-67,75,82,90-92,95,101-103H,4-10,14,16,19-23,25,27-30,32-36H2,1-3H3,(H2,76,96)(H,77,104)(H,78,105)(H,79,97)(H,80,108)(H,81,106)(H,83,98)(H,84,107)/t37-,38-,39?,40?,43+,48-,49-,50-,51-,54-,57-,63-,64-,65+,66+,67-,75?,119?/m0/s1. The molecule has 0 spiro atoms. The Hall–Kier alpha value is -10.3. The zero-order valence-corrected chi connectivity index (χ0v) is 67.4. The number of rotatable bonds is 30. The van der Waals surface area contributed by atoms with E-state index in [4.69, 9.17) is 33.0 Å². The number of nitrogens with two attached hydrogens (primary N) is 1. The molecule has 4 aromatic rings. The molecule has 10 rings (SSSR count). The van der Waals surface area contributed by atoms with Crippen molar-refractivity contribution in [1.82, 2.24) is 67.0 Å². The second-order valence-electron chi connectivity index (χ2n) is 30.2. The number of carbonyl (C=O) groups excluding carboxylic acids is 13. The van der Waals surface area contributed by atoms with Crippen molar-refractivity contribution in [3.05, 3.63) is 71.6 Å². The molecule has 11 amide bonds. The number of nitrogens with one attached hydrogen (secondary N) is 8. The zero-order valence-electron chi connectivity index (χ0n) is 65.7. The van der Waals surface area contributed by atoms with Gasteiger partial charge in [-0.1, -0.05) is 32.4 Å². The molecule has 2 saturated heterocycles. The Balaban J connectivity index is 0.877. The first-order valence-corrected chi connectivity index (χ1v) is 41.8. The summed E-state index contributed by atoms with van der Waals surface area (Å²) in [7, 11) is -8.20. The number of H-pyrrole nitrogens is 1. The van der Waals surface area contributed by atoms with Crippen LogP contribution in [0.5, 0.6) is 17.2 Å². The smallest absolute Gasteiger partial charge is 0.458 e. The number of amides is 11. The number of benzene rings is 2. The first-order valence-electron chi connectivity index (χ1n) is 39.2. The van der Waals surface area contributed by atoms with Gasteiger partial charge in [-0.15, -0.1) is 13.5 Å². The van der Waals surface area contributed by atoms with Crippen molar-refractivity contribution in [2.45, 2.75) is 195 Å². The summed E-state index contributed by atoms with van der Waals surface area (Å²) in [5.74, 6) is -16.4. The number of imide groups is 1. The van der Waals surface area contributed by atoms with Crippen LogP contribution < -0.4 is 56.1 Å². The van der Waals surface area contributed by atoms with Crippen LogP contribution in [0.4, 0.5) is 0 Å². The number of nitrogens with zero attached hydrogens (tertiary/aromatic N) is 5. The molecule has 2 aromatic heterocycles. The monoisotopic (exact) mass is 1720 g/mol. The van der Waals surface area contributed by atoms with E-state index >= 15 is 4.21 Å². The normalized spacial score (nSPS) is 27.2. The van der Waals surface area contributed by atoms with Gasteiger partial charge in [0.1, 0.15) is 71.1 Å². The summed E-state index contributed by atoms with van der Waals surface area (Å²) in [6.45, 7) is 2.42. The predicted octanol–water partition coefficient (Wildman–Crippen LogP) is -5.88. The molecule has 1 saturated carbocycles. The largest absolute Gasteiger partial charge is 0.501 e. The van der Waals surface area contributed by atoms with Crippen LogP contribution in [-0.4, -0.2) is 299 Å². The third-order valence-corrected chi connectivity index (χ3v) is 23.8. The van der Waals surface area contributed by atoms with Gasteiger partial charge < -0.3 is 116 Å². The molecule has 16 atom stereocenters. The molecule has 6 aliphatic rings. The van der Waals surface area contributed by atoms with Crippen LogP contribution in [0.1, 0.15) is 113 Å². The molecule has 3 fully saturated rings. The highest BCUT2D eigenvalue weighted by Gasteiger charge is 2.48. The Morgan fingerprint density at radius 1 is 0.792 bits per heavy atom. The Kier molecular flexibility index (Phi) is 32.0. The van der Waals surface area contributed by atoms with E-state index in [1.54, 1.807) is 20.0 Å². The molecule has 0 radical (unpaired) electrons. The minimum atomic E-state index is -5.50. The highest BCUT2D eigenvalue weighted by Crippen LogP contribution is 2.37. The van der Waals surface area contributed by atoms with Crippen LogP contribution in [0.25, 0.3) is 10.9 Å². The van der Waals surface area contributed by atoms with Gasteiger partial charge in [-0.05, 0) is 79.8 Å². The lowest BCUT2D eigenvalue weighted by molar-refractivity contribution is -0.277. The molecule has 2 unspecified atom stereocenters. The molecule has 43 nitrogen and oxygen atoms in total. The van der Waals surface area contributed by atoms with Gasteiger partial charge >= 0.3 is 10.4 Å². The van der Waals surface area contributed by atoms with E-state index < -0.39 is 257 Å². The van der Waals surface area contributed by atoms with Crippen molar-refractivity contribution in [2.75, 3.05) is 65.0 Å². The summed E-state index contributed by atoms with van der Waals surface area (Å²) in [5, 5.41) is 99.5. The van der Waals surface area contributed by atoms with Crippen LogP contribution in [0.2, 0.25) is 0 Å². The fraction of sp³-hybridized carbons (Fsp3) is 0.587. The van der Waals surface area contributed by atoms with Crippen molar-refractivity contribution in [3.63, 3.8) is 0 Å². The summed E-state index contributed by atoms with van der Waals surface area (Å²) in [4.78, 5) is 184. The minimum absolute atomic E-state index is 0.0378. The molecule has 120 heavy (non-hydrogen) atoms. The molecular weight excluding hydrogens is 1630 g/mol. The molecule has 1 aliphatic carbocycles. The van der Waals surface area contributed by atoms with Crippen LogP contribution in [0, 0.1) is 23.7 Å². The van der Waals surface area contributed by atoms with E-state index in [9.17, 15) is 106 Å². The first kappa shape index (κ1) is 92.0. The van der Waals surface area contributed by atoms with E-state index in [0.717, 1.165) is 29.2 Å². The minimum Gasteiger partial charge on any atom is -0.458 e. The maximum Gasteiger partial charge on any atom is 0.501 e. The fourth-order valence-corrected chi connectivity index (χ4v) is 16.7. The average molecular weight is 1730 g/mol. The lowest BCUT2D eigenvalue weighted by Crippen LogP contribution is -2.62. The molecule has 656 valence electrons. The number of ketones is 2. The maximum atomic E-state index is 15.4. The molecule has 5 aliphatic heterocycles. The number of aromatic amines is 1. The fourth-order valence-electron chi connectivity index (χ4n) is 14.6. The van der Waals surface area contributed by atoms with E-state index in [2.05, 4.69) is 52.5 Å². The topological polar surface area (TPSA) is 633 Å². The SMILES string of the molecule is CC[C@H](C)[C@@H]1NC(=O)CNC(=O)[C@@H]2Cc3c([nH]c4cc(OS(=O)(=O)Oc5cc(C(=O)CCCOCCn6cc(COCCNC(=O)C7CCC(CN8C(=O)C=CC8=O)CC7)nn6)ccc5OC5O[C@@H](CO)[C@@H](O)[C@@H](O)[C@@H]5O)ccc34)S(=O)C[C@H](NC(=O)CCC1=O)C(=O)N[C@@H](CC(N)=O)C(=O)N1C[C@H](O)C[C@H]1C(=O)N[C@@H]([C@@H](C)[C@@H](O)CO)C(=O)N2. The predicted molar refractivity (Wildman–Crippen MR) is 411 cm³/mol. The quantitative estimate of drug-likeness (QED) is 0.0131. The Morgan fingerprint density at radius 3 is 2.24 bits per heavy atom. The molecule has 45 heteroatoms. The number of ether oxygens (including phenoxy) is 4. The number of hydrogen-bond donors (Lipinski definition) is 16. The Bertz CT molecular complexity index is 4610. The van der Waals surface area contributed by atoms with Crippen LogP contribution in [0.3, 0.4) is 0 Å². The molecule has 17 N–H and O–H groups in total. The Morgan fingerprint density at radius 2 is 1.53 bits per heavy atom. The number of aliphatic hydroxyl groups excluding tert-OH is 7. The van der Waals surface area contributed by atoms with Gasteiger partial charge in [0, 0.05) is 99.3 Å². The molecule has 2 bridgehead atoms. The van der Waals surface area contributed by atoms with E-state index in [-0.39, 0.29) is 104 Å². The maximum absolute atomic E-state index is 15.4. The van der Waals surface area contributed by atoms with E-state index in [1.807, 2.05) is 0 Å². The summed E-state index contributed by atoms with van der Waals surface area (Å²) in [5.41, 5.74) is 5.53. The number of carbonyl (C=O) groups is 13. The number of aromatic nitrogens is 4. The van der Waals surface area contributed by atoms with Crippen molar-refractivity contribution in [3.8, 4) is 17.2 Å². The second-order valence-corrected chi connectivity index (χ2v) is 32.8. The summed E-state index contributed by atoms with van der Waals surface area (Å²) in [6, 6.07) is -4.49. The molecular formula is C75H100N14O29S2. The van der Waals surface area contributed by atoms with Gasteiger partial charge in [-0.3, -0.25) is 71.4 Å². The average Bonchev–Trinajstić information content (AvgIpc) is 1.61. The summed E-state index contributed by atoms with van der Waals surface area (Å²) < 4.78 is 79.4. The van der Waals surface area contributed by atoms with Gasteiger partial charge in [0.15, 0.2) is 23.1 Å². The lowest BCUT2D eigenvalue weighted by atomic mass is 9.81. The highest BCUT2D eigenvalue weighted by atomic mass is 32.3. The third kappa shape index (κ3) is 23.8. The number of fused-ring (bicyclic) bond motifs is 5. The number of aliphatic hydroxyl groups is 7. The van der Waals surface area contributed by atoms with Crippen LogP contribution >= 0.6 is 0 Å². The van der Waals surface area contributed by atoms with Gasteiger partial charge in [0.25, 0.3) is 11.8 Å². The number of hydrogen-bond acceptors (Lipinski definition) is 31. The molecule has 2 aromatic carbocycles. The van der Waals surface area contributed by atoms with Gasteiger partial charge in [-0.25, -0.2) is 4.68 Å². The number of Topliss-reactive ketones (excluding diaryl/α,β-unsaturated/α-hetero) is 2. The van der Waals surface area contributed by atoms with Gasteiger partial charge in [0.05, 0.1) is 99.1 Å². The second kappa shape index (κ2) is 41.8.